The number of halogens is 1. The van der Waals surface area contributed by atoms with Gasteiger partial charge < -0.3 is 0 Å². The fraction of sp³-hybridized carbons (Fsp3) is 0.0952. The molecule has 0 saturated heterocycles. The number of allylic oxidation sites excluding steroid dienone is 4. The summed E-state index contributed by atoms with van der Waals surface area (Å²) >= 11 is 3.55. The highest BCUT2D eigenvalue weighted by molar-refractivity contribution is 8.00. The molecule has 234 valence electrons. The first kappa shape index (κ1) is 30.3. The van der Waals surface area contributed by atoms with E-state index in [0.717, 1.165) is 56.4 Å². The lowest BCUT2D eigenvalue weighted by Crippen LogP contribution is -2.43. The van der Waals surface area contributed by atoms with Crippen LogP contribution in [-0.4, -0.2) is 21.0 Å². The summed E-state index contributed by atoms with van der Waals surface area (Å²) in [4.78, 5) is 5.94. The van der Waals surface area contributed by atoms with Crippen LogP contribution >= 0.6 is 23.1 Å². The molecule has 48 heavy (non-hydrogen) atoms. The fourth-order valence-corrected chi connectivity index (χ4v) is 8.58. The van der Waals surface area contributed by atoms with Gasteiger partial charge in [0, 0.05) is 45.3 Å². The average Bonchev–Trinajstić information content (AvgIpc) is 3.82. The number of hydrogen-bond acceptors (Lipinski definition) is 4. The Morgan fingerprint density at radius 1 is 0.792 bits per heavy atom. The maximum Gasteiger partial charge on any atom is 0.123 e. The van der Waals surface area contributed by atoms with Crippen LogP contribution < -0.4 is 0 Å². The van der Waals surface area contributed by atoms with E-state index < -0.39 is 5.54 Å². The van der Waals surface area contributed by atoms with Gasteiger partial charge in [-0.1, -0.05) is 91.0 Å². The van der Waals surface area contributed by atoms with Crippen molar-refractivity contribution >= 4 is 34.0 Å². The summed E-state index contributed by atoms with van der Waals surface area (Å²) in [7, 11) is 0. The van der Waals surface area contributed by atoms with Crippen LogP contribution in [0.4, 0.5) is 4.39 Å². The van der Waals surface area contributed by atoms with Gasteiger partial charge in [-0.05, 0) is 84.0 Å². The van der Waals surface area contributed by atoms with Crippen molar-refractivity contribution in [3.8, 4) is 32.8 Å². The SMILES string of the molecule is CSc1ccc(-c2ccnc3ccc(-c4cn(C(c5ccccc5)(c5ccccc5)C5C=CC=CC5)nc4-c4ccc(F)cc4)cc23)s1. The molecular weight excluding hydrogens is 630 g/mol. The van der Waals surface area contributed by atoms with Crippen LogP contribution in [-0.2, 0) is 5.54 Å². The quantitative estimate of drug-likeness (QED) is 0.152. The lowest BCUT2D eigenvalue weighted by molar-refractivity contribution is 0.293. The molecule has 0 bridgehead atoms. The Balaban J connectivity index is 1.41. The maximum absolute atomic E-state index is 14.3. The van der Waals surface area contributed by atoms with Crippen molar-refractivity contribution in [2.75, 3.05) is 6.26 Å². The molecule has 0 fully saturated rings. The van der Waals surface area contributed by atoms with Gasteiger partial charge in [0.25, 0.3) is 0 Å². The summed E-state index contributed by atoms with van der Waals surface area (Å²) in [6.45, 7) is 0. The van der Waals surface area contributed by atoms with Gasteiger partial charge in [0.05, 0.1) is 9.73 Å². The number of benzene rings is 4. The van der Waals surface area contributed by atoms with Crippen molar-refractivity contribution in [2.45, 2.75) is 16.2 Å². The zero-order chi connectivity index (χ0) is 32.5. The Hall–Kier alpha value is -5.04. The predicted octanol–water partition coefficient (Wildman–Crippen LogP) is 11.3. The lowest BCUT2D eigenvalue weighted by atomic mass is 9.70. The third kappa shape index (κ3) is 5.31. The molecule has 6 heteroatoms. The number of rotatable bonds is 8. The monoisotopic (exact) mass is 661 g/mol. The number of hydrogen-bond donors (Lipinski definition) is 0. The molecule has 1 unspecified atom stereocenters. The van der Waals surface area contributed by atoms with Gasteiger partial charge in [-0.15, -0.1) is 23.1 Å². The Labute approximate surface area is 288 Å². The predicted molar refractivity (Wildman–Crippen MR) is 199 cm³/mol. The summed E-state index contributed by atoms with van der Waals surface area (Å²) in [6.07, 6.45) is 15.8. The number of thiophene rings is 1. The average molecular weight is 662 g/mol. The summed E-state index contributed by atoms with van der Waals surface area (Å²) in [5.74, 6) is -0.193. The van der Waals surface area contributed by atoms with E-state index >= 15 is 0 Å². The van der Waals surface area contributed by atoms with Gasteiger partial charge in [0.2, 0.25) is 0 Å². The van der Waals surface area contributed by atoms with Crippen molar-refractivity contribution in [3.05, 3.63) is 175 Å². The molecular formula is C42H32FN3S2. The minimum atomic E-state index is -0.661. The molecule has 0 radical (unpaired) electrons. The number of thioether (sulfide) groups is 1. The van der Waals surface area contributed by atoms with Crippen molar-refractivity contribution in [3.63, 3.8) is 0 Å². The summed E-state index contributed by atoms with van der Waals surface area (Å²) in [5.41, 5.74) is 7.38. The van der Waals surface area contributed by atoms with Gasteiger partial charge in [-0.2, -0.15) is 5.10 Å². The van der Waals surface area contributed by atoms with Gasteiger partial charge in [-0.25, -0.2) is 4.39 Å². The molecule has 0 spiro atoms. The van der Waals surface area contributed by atoms with Crippen LogP contribution in [0.2, 0.25) is 0 Å². The van der Waals surface area contributed by atoms with E-state index in [4.69, 9.17) is 10.1 Å². The summed E-state index contributed by atoms with van der Waals surface area (Å²) < 4.78 is 17.7. The van der Waals surface area contributed by atoms with E-state index in [0.29, 0.717) is 0 Å². The van der Waals surface area contributed by atoms with E-state index in [9.17, 15) is 4.39 Å². The summed E-state index contributed by atoms with van der Waals surface area (Å²) in [6, 6.07) is 41.0. The molecule has 0 amide bonds. The van der Waals surface area contributed by atoms with E-state index in [-0.39, 0.29) is 11.7 Å². The zero-order valence-electron chi connectivity index (χ0n) is 26.3. The third-order valence-electron chi connectivity index (χ3n) is 9.24. The normalized spacial score (nSPS) is 14.5. The number of fused-ring (bicyclic) bond motifs is 1. The standard InChI is InChI=1S/C42H32FN3S2/c1-47-40-24-23-39(48-40)35-25-26-44-38-22-19-30(27-36(35)38)37-28-46(45-41(37)29-17-20-34(43)21-18-29)42(31-11-5-2-6-12-31,32-13-7-3-8-14-32)33-15-9-4-10-16-33/h2-15,17-28,33H,16H2,1H3. The van der Waals surface area contributed by atoms with Gasteiger partial charge in [0.15, 0.2) is 0 Å². The Morgan fingerprint density at radius 3 is 2.19 bits per heavy atom. The third-order valence-corrected chi connectivity index (χ3v) is 11.4. The Kier molecular flexibility index (Phi) is 8.12. The second kappa shape index (κ2) is 12.9. The van der Waals surface area contributed by atoms with E-state index in [1.807, 2.05) is 18.3 Å². The van der Waals surface area contributed by atoms with Crippen LogP contribution in [0.15, 0.2) is 162 Å². The first-order chi connectivity index (χ1) is 23.6. The van der Waals surface area contributed by atoms with Gasteiger partial charge >= 0.3 is 0 Å². The zero-order valence-corrected chi connectivity index (χ0v) is 28.0. The minimum absolute atomic E-state index is 0.0815. The van der Waals surface area contributed by atoms with Crippen LogP contribution in [0, 0.1) is 11.7 Å². The largest absolute Gasteiger partial charge is 0.256 e. The first-order valence-electron chi connectivity index (χ1n) is 16.0. The van der Waals surface area contributed by atoms with Crippen LogP contribution in [0.25, 0.3) is 43.7 Å². The van der Waals surface area contributed by atoms with Crippen LogP contribution in [0.3, 0.4) is 0 Å². The van der Waals surface area contributed by atoms with Crippen LogP contribution in [0.5, 0.6) is 0 Å². The van der Waals surface area contributed by atoms with Gasteiger partial charge in [-0.3, -0.25) is 9.67 Å². The van der Waals surface area contributed by atoms with Crippen molar-refractivity contribution in [1.29, 1.82) is 0 Å². The molecule has 1 atom stereocenters. The molecule has 0 aliphatic heterocycles. The summed E-state index contributed by atoms with van der Waals surface area (Å²) in [5, 5.41) is 6.57. The highest BCUT2D eigenvalue weighted by atomic mass is 32.2. The van der Waals surface area contributed by atoms with E-state index in [2.05, 4.69) is 139 Å². The van der Waals surface area contributed by atoms with Crippen molar-refractivity contribution in [2.24, 2.45) is 5.92 Å². The Bertz CT molecular complexity index is 2230. The highest BCUT2D eigenvalue weighted by Crippen LogP contribution is 2.46. The molecule has 1 aliphatic rings. The Morgan fingerprint density at radius 2 is 1.52 bits per heavy atom. The smallest absolute Gasteiger partial charge is 0.123 e. The van der Waals surface area contributed by atoms with Gasteiger partial charge in [0.1, 0.15) is 17.1 Å². The molecule has 7 aromatic rings. The van der Waals surface area contributed by atoms with Crippen LogP contribution in [0.1, 0.15) is 17.5 Å². The first-order valence-corrected chi connectivity index (χ1v) is 18.0. The molecule has 0 saturated carbocycles. The molecule has 0 N–H and O–H groups in total. The topological polar surface area (TPSA) is 30.7 Å². The molecule has 3 heterocycles. The minimum Gasteiger partial charge on any atom is -0.256 e. The van der Waals surface area contributed by atoms with Crippen molar-refractivity contribution in [1.82, 2.24) is 14.8 Å². The van der Waals surface area contributed by atoms with E-state index in [1.165, 1.54) is 21.2 Å². The number of pyridine rings is 1. The lowest BCUT2D eigenvalue weighted by Gasteiger charge is -2.41. The highest BCUT2D eigenvalue weighted by Gasteiger charge is 2.44. The van der Waals surface area contributed by atoms with E-state index in [1.54, 1.807) is 23.1 Å². The maximum atomic E-state index is 14.3. The second-order valence-electron chi connectivity index (χ2n) is 11.9. The molecule has 1 aliphatic carbocycles. The fourth-order valence-electron chi connectivity index (χ4n) is 6.99. The molecule has 3 aromatic heterocycles. The number of nitrogens with zero attached hydrogens (tertiary/aromatic N) is 3. The second-order valence-corrected chi connectivity index (χ2v) is 14.1. The van der Waals surface area contributed by atoms with Crippen molar-refractivity contribution < 1.29 is 4.39 Å². The molecule has 3 nitrogen and oxygen atoms in total. The number of aromatic nitrogens is 3. The molecule has 8 rings (SSSR count). The molecule has 4 aromatic carbocycles.